The minimum absolute atomic E-state index is 0.0345. The van der Waals surface area contributed by atoms with Gasteiger partial charge in [0.05, 0.1) is 4.92 Å². The summed E-state index contributed by atoms with van der Waals surface area (Å²) in [7, 11) is 0. The van der Waals surface area contributed by atoms with Gasteiger partial charge in [-0.05, 0) is 23.8 Å². The molecule has 4 heteroatoms. The van der Waals surface area contributed by atoms with Crippen LogP contribution >= 0.6 is 0 Å². The van der Waals surface area contributed by atoms with Crippen molar-refractivity contribution in [2.24, 2.45) is 0 Å². The van der Waals surface area contributed by atoms with E-state index in [1.165, 1.54) is 24.3 Å². The lowest BCUT2D eigenvalue weighted by Gasteiger charge is -1.91. The van der Waals surface area contributed by atoms with Crippen LogP contribution in [0, 0.1) is 10.1 Å². The molecule has 0 N–H and O–H groups in total. The largest absolute Gasteiger partial charge is 0.286 e. The van der Waals surface area contributed by atoms with Crippen LogP contribution in [-0.4, -0.2) is 11.2 Å². The molecule has 0 aliphatic rings. The lowest BCUT2D eigenvalue weighted by atomic mass is 10.2. The zero-order valence-corrected chi connectivity index (χ0v) is 6.64. The van der Waals surface area contributed by atoms with Gasteiger partial charge in [-0.1, -0.05) is 6.08 Å². The summed E-state index contributed by atoms with van der Waals surface area (Å²) in [6, 6.07) is 5.88. The molecule has 1 aromatic carbocycles. The molecule has 0 spiro atoms. The van der Waals surface area contributed by atoms with Crippen LogP contribution in [0.15, 0.2) is 30.3 Å². The Hall–Kier alpha value is -1.97. The maximum Gasteiger partial charge on any atom is 0.269 e. The highest BCUT2D eigenvalue weighted by Crippen LogP contribution is 2.12. The van der Waals surface area contributed by atoms with E-state index in [9.17, 15) is 14.9 Å². The van der Waals surface area contributed by atoms with Crippen LogP contribution in [0.4, 0.5) is 5.69 Å². The van der Waals surface area contributed by atoms with E-state index in [0.717, 1.165) is 5.56 Å². The molecule has 0 amide bonds. The van der Waals surface area contributed by atoms with E-state index in [0.29, 0.717) is 0 Å². The molecule has 0 bridgehead atoms. The third kappa shape index (κ3) is 2.52. The van der Waals surface area contributed by atoms with Gasteiger partial charge in [-0.3, -0.25) is 14.9 Å². The molecule has 1 aromatic rings. The molecule has 0 aromatic heterocycles. The Labute approximate surface area is 74.7 Å². The van der Waals surface area contributed by atoms with Crippen molar-refractivity contribution in [2.75, 3.05) is 0 Å². The highest BCUT2D eigenvalue weighted by molar-refractivity contribution is 5.74. The second-order valence-electron chi connectivity index (χ2n) is 2.30. The zero-order valence-electron chi connectivity index (χ0n) is 6.64. The number of nitrogens with zero attached hydrogens (tertiary/aromatic N) is 1. The van der Waals surface area contributed by atoms with E-state index < -0.39 is 4.92 Å². The summed E-state index contributed by atoms with van der Waals surface area (Å²) < 4.78 is 0. The number of hydrogen-bond acceptors (Lipinski definition) is 3. The molecule has 4 nitrogen and oxygen atoms in total. The molecule has 0 fully saturated rings. The Bertz CT molecular complexity index is 340. The van der Waals surface area contributed by atoms with Crippen molar-refractivity contribution < 1.29 is 9.72 Å². The fourth-order valence-electron chi connectivity index (χ4n) is 0.837. The summed E-state index contributed by atoms with van der Waals surface area (Å²) in [5.41, 5.74) is 0.765. The van der Waals surface area contributed by atoms with Crippen molar-refractivity contribution in [3.8, 4) is 0 Å². The predicted molar refractivity (Wildman–Crippen MR) is 47.8 cm³/mol. The van der Waals surface area contributed by atoms with Gasteiger partial charge in [-0.25, -0.2) is 0 Å². The van der Waals surface area contributed by atoms with E-state index in [2.05, 4.69) is 0 Å². The van der Waals surface area contributed by atoms with Crippen LogP contribution < -0.4 is 0 Å². The topological polar surface area (TPSA) is 60.2 Å². The summed E-state index contributed by atoms with van der Waals surface area (Å²) in [5.74, 6) is 0. The minimum atomic E-state index is -0.473. The standard InChI is InChI=1S/C9H6NO3/c11-7-1-2-8-3-5-9(6-4-8)10(12)13/h1-6H/b2-1+. The van der Waals surface area contributed by atoms with Gasteiger partial charge in [-0.2, -0.15) is 0 Å². The molecule has 1 radical (unpaired) electrons. The minimum Gasteiger partial charge on any atom is -0.286 e. The van der Waals surface area contributed by atoms with Crippen LogP contribution in [0.1, 0.15) is 5.56 Å². The lowest BCUT2D eigenvalue weighted by Crippen LogP contribution is -1.86. The maximum absolute atomic E-state index is 10.3. The third-order valence-corrected chi connectivity index (χ3v) is 1.45. The Balaban J connectivity index is 2.87. The van der Waals surface area contributed by atoms with Crippen LogP contribution in [-0.2, 0) is 4.79 Å². The number of nitro benzene ring substituents is 1. The number of non-ortho nitro benzene ring substituents is 1. The first-order valence-electron chi connectivity index (χ1n) is 3.52. The molecule has 65 valence electrons. The van der Waals surface area contributed by atoms with Crippen LogP contribution in [0.5, 0.6) is 0 Å². The molecule has 0 saturated carbocycles. The van der Waals surface area contributed by atoms with E-state index in [1.807, 2.05) is 0 Å². The molecule has 0 saturated heterocycles. The van der Waals surface area contributed by atoms with Crippen LogP contribution in [0.2, 0.25) is 0 Å². The monoisotopic (exact) mass is 176 g/mol. The van der Waals surface area contributed by atoms with Gasteiger partial charge in [-0.15, -0.1) is 0 Å². The molecule has 0 unspecified atom stereocenters. The number of carbonyl (C=O) groups excluding carboxylic acids is 1. The Morgan fingerprint density at radius 2 is 1.92 bits per heavy atom. The van der Waals surface area contributed by atoms with Gasteiger partial charge in [0, 0.05) is 12.1 Å². The number of hydrogen-bond donors (Lipinski definition) is 0. The Morgan fingerprint density at radius 3 is 2.38 bits per heavy atom. The van der Waals surface area contributed by atoms with Gasteiger partial charge in [0.2, 0.25) is 6.29 Å². The summed E-state index contributed by atoms with van der Waals surface area (Å²) >= 11 is 0. The summed E-state index contributed by atoms with van der Waals surface area (Å²) in [6.45, 7) is 0. The first kappa shape index (κ1) is 9.12. The van der Waals surface area contributed by atoms with E-state index in [-0.39, 0.29) is 5.69 Å². The predicted octanol–water partition coefficient (Wildman–Crippen LogP) is 1.72. The quantitative estimate of drug-likeness (QED) is 0.400. The second-order valence-corrected chi connectivity index (χ2v) is 2.30. The van der Waals surface area contributed by atoms with Gasteiger partial charge < -0.3 is 0 Å². The van der Waals surface area contributed by atoms with Crippen molar-refractivity contribution >= 4 is 18.0 Å². The highest BCUT2D eigenvalue weighted by Gasteiger charge is 2.01. The average molecular weight is 176 g/mol. The number of nitro groups is 1. The molecule has 0 atom stereocenters. The molecule has 0 aliphatic carbocycles. The fourth-order valence-corrected chi connectivity index (χ4v) is 0.837. The summed E-state index contributed by atoms with van der Waals surface area (Å²) in [5, 5.41) is 10.3. The number of benzene rings is 1. The van der Waals surface area contributed by atoms with Crippen molar-refractivity contribution in [1.29, 1.82) is 0 Å². The van der Waals surface area contributed by atoms with Crippen molar-refractivity contribution in [3.63, 3.8) is 0 Å². The number of rotatable bonds is 3. The first-order chi connectivity index (χ1) is 6.24. The van der Waals surface area contributed by atoms with Crippen LogP contribution in [0.3, 0.4) is 0 Å². The average Bonchev–Trinajstić information content (AvgIpc) is 2.15. The normalized spacial score (nSPS) is 10.2. The summed E-state index contributed by atoms with van der Waals surface area (Å²) in [6.07, 6.45) is 4.32. The highest BCUT2D eigenvalue weighted by atomic mass is 16.6. The maximum atomic E-state index is 10.3. The second kappa shape index (κ2) is 4.15. The molecular formula is C9H6NO3. The smallest absolute Gasteiger partial charge is 0.269 e. The van der Waals surface area contributed by atoms with Crippen molar-refractivity contribution in [3.05, 3.63) is 46.0 Å². The SMILES string of the molecule is O=[C]/C=C/c1ccc([N+](=O)[O-])cc1. The van der Waals surface area contributed by atoms with E-state index >= 15 is 0 Å². The molecular weight excluding hydrogens is 170 g/mol. The number of allylic oxidation sites excluding steroid dienone is 1. The van der Waals surface area contributed by atoms with Gasteiger partial charge in [0.1, 0.15) is 0 Å². The lowest BCUT2D eigenvalue weighted by molar-refractivity contribution is -0.384. The Kier molecular flexibility index (Phi) is 2.92. The molecule has 0 aliphatic heterocycles. The molecule has 1 rings (SSSR count). The van der Waals surface area contributed by atoms with E-state index in [1.54, 1.807) is 18.4 Å². The van der Waals surface area contributed by atoms with Gasteiger partial charge >= 0.3 is 0 Å². The van der Waals surface area contributed by atoms with Crippen molar-refractivity contribution in [2.45, 2.75) is 0 Å². The van der Waals surface area contributed by atoms with Gasteiger partial charge in [0.25, 0.3) is 5.69 Å². The summed E-state index contributed by atoms with van der Waals surface area (Å²) in [4.78, 5) is 19.6. The molecule has 0 heterocycles. The first-order valence-corrected chi connectivity index (χ1v) is 3.52. The van der Waals surface area contributed by atoms with E-state index in [4.69, 9.17) is 0 Å². The third-order valence-electron chi connectivity index (χ3n) is 1.45. The van der Waals surface area contributed by atoms with Gasteiger partial charge in [0.15, 0.2) is 0 Å². The zero-order chi connectivity index (χ0) is 9.68. The fraction of sp³-hybridized carbons (Fsp3) is 0. The van der Waals surface area contributed by atoms with Crippen LogP contribution in [0.25, 0.3) is 6.08 Å². The molecule has 13 heavy (non-hydrogen) atoms. The Morgan fingerprint density at radius 1 is 1.31 bits per heavy atom. The van der Waals surface area contributed by atoms with Crippen molar-refractivity contribution in [1.82, 2.24) is 0 Å².